The summed E-state index contributed by atoms with van der Waals surface area (Å²) in [5, 5.41) is 9.95. The third-order valence-electron chi connectivity index (χ3n) is 8.24. The molecule has 3 aromatic rings. The maximum atomic E-state index is 13.6. The van der Waals surface area contributed by atoms with Crippen LogP contribution in [-0.2, 0) is 6.42 Å². The number of aliphatic imine (C=N–C) groups is 1. The molecule has 0 unspecified atom stereocenters. The first-order chi connectivity index (χ1) is 18.8. The van der Waals surface area contributed by atoms with Crippen LogP contribution >= 0.6 is 11.9 Å². The van der Waals surface area contributed by atoms with Crippen molar-refractivity contribution in [2.24, 2.45) is 10.4 Å². The van der Waals surface area contributed by atoms with E-state index in [1.54, 1.807) is 12.1 Å². The Bertz CT molecular complexity index is 1590. The average molecular weight is 542 g/mol. The Hall–Kier alpha value is -3.61. The van der Waals surface area contributed by atoms with Crippen LogP contribution in [0, 0.1) is 29.5 Å². The SMILES string of the molecule is C=C1C(N(C)c2c(CC)nc3c(C)cc(N4CC5(CCN(SC)C5)C4)cn23)=NC(c2ccc(F)cc2)=C1C#N. The number of likely N-dealkylation sites (N-methyl/N-ethyl adjacent to an activating group) is 1. The Labute approximate surface area is 233 Å². The number of rotatable bonds is 5. The summed E-state index contributed by atoms with van der Waals surface area (Å²) < 4.78 is 18.2. The fourth-order valence-electron chi connectivity index (χ4n) is 6.15. The van der Waals surface area contributed by atoms with E-state index < -0.39 is 0 Å². The molecule has 0 radical (unpaired) electrons. The number of halogens is 1. The number of hydrogen-bond acceptors (Lipinski definition) is 7. The van der Waals surface area contributed by atoms with E-state index in [1.165, 1.54) is 24.2 Å². The Morgan fingerprint density at radius 1 is 1.23 bits per heavy atom. The van der Waals surface area contributed by atoms with E-state index in [0.29, 0.717) is 33.7 Å². The van der Waals surface area contributed by atoms with Gasteiger partial charge in [0.05, 0.1) is 22.7 Å². The number of imidazole rings is 1. The number of aromatic nitrogens is 2. The number of amidine groups is 1. The molecule has 1 aromatic carbocycles. The van der Waals surface area contributed by atoms with Crippen LogP contribution in [0.4, 0.5) is 15.9 Å². The topological polar surface area (TPSA) is 63.2 Å². The molecule has 7 nitrogen and oxygen atoms in total. The third-order valence-corrected chi connectivity index (χ3v) is 9.07. The van der Waals surface area contributed by atoms with Crippen molar-refractivity contribution in [2.75, 3.05) is 49.3 Å². The van der Waals surface area contributed by atoms with Gasteiger partial charge in [0.2, 0.25) is 0 Å². The fraction of sp³-hybridized carbons (Fsp3) is 0.367. The molecular formula is C30H32FN7S. The summed E-state index contributed by atoms with van der Waals surface area (Å²) in [7, 11) is 1.95. The highest BCUT2D eigenvalue weighted by Crippen LogP contribution is 2.44. The molecule has 5 heterocycles. The molecule has 3 aliphatic heterocycles. The molecule has 2 saturated heterocycles. The van der Waals surface area contributed by atoms with Crippen molar-refractivity contribution in [3.05, 3.63) is 76.9 Å². The van der Waals surface area contributed by atoms with E-state index in [9.17, 15) is 9.65 Å². The monoisotopic (exact) mass is 541 g/mol. The van der Waals surface area contributed by atoms with Crippen molar-refractivity contribution >= 4 is 40.6 Å². The molecule has 9 heteroatoms. The predicted molar refractivity (Wildman–Crippen MR) is 158 cm³/mol. The van der Waals surface area contributed by atoms with E-state index in [4.69, 9.17) is 9.98 Å². The molecule has 0 atom stereocenters. The van der Waals surface area contributed by atoms with Gasteiger partial charge in [0.15, 0.2) is 0 Å². The Morgan fingerprint density at radius 3 is 2.62 bits per heavy atom. The summed E-state index contributed by atoms with van der Waals surface area (Å²) >= 11 is 1.85. The van der Waals surface area contributed by atoms with Gasteiger partial charge in [-0.1, -0.05) is 25.5 Å². The molecule has 0 bridgehead atoms. The van der Waals surface area contributed by atoms with E-state index >= 15 is 0 Å². The van der Waals surface area contributed by atoms with Crippen LogP contribution < -0.4 is 9.80 Å². The molecule has 0 N–H and O–H groups in total. The predicted octanol–water partition coefficient (Wildman–Crippen LogP) is 5.47. The zero-order valence-corrected chi connectivity index (χ0v) is 23.6. The summed E-state index contributed by atoms with van der Waals surface area (Å²) in [4.78, 5) is 14.3. The van der Waals surface area contributed by atoms with Crippen LogP contribution in [0.3, 0.4) is 0 Å². The fourth-order valence-corrected chi connectivity index (χ4v) is 6.82. The maximum Gasteiger partial charge on any atom is 0.142 e. The van der Waals surface area contributed by atoms with Gasteiger partial charge in [-0.25, -0.2) is 14.4 Å². The number of aryl methyl sites for hydroxylation is 2. The largest absolute Gasteiger partial charge is 0.369 e. The molecule has 3 aliphatic rings. The summed E-state index contributed by atoms with van der Waals surface area (Å²) in [6.45, 7) is 12.9. The van der Waals surface area contributed by atoms with Crippen molar-refractivity contribution in [2.45, 2.75) is 26.7 Å². The smallest absolute Gasteiger partial charge is 0.142 e. The lowest BCUT2D eigenvalue weighted by Gasteiger charge is -2.49. The number of hydrogen-bond donors (Lipinski definition) is 0. The minimum Gasteiger partial charge on any atom is -0.369 e. The minimum absolute atomic E-state index is 0.330. The Kier molecular flexibility index (Phi) is 6.28. The summed E-state index contributed by atoms with van der Waals surface area (Å²) in [6, 6.07) is 10.6. The van der Waals surface area contributed by atoms with E-state index in [-0.39, 0.29) is 5.82 Å². The second kappa shape index (κ2) is 9.54. The molecule has 200 valence electrons. The first-order valence-corrected chi connectivity index (χ1v) is 14.4. The van der Waals surface area contributed by atoms with Crippen molar-refractivity contribution in [3.63, 3.8) is 0 Å². The molecule has 39 heavy (non-hydrogen) atoms. The number of fused-ring (bicyclic) bond motifs is 1. The van der Waals surface area contributed by atoms with Crippen molar-refractivity contribution in [3.8, 4) is 6.07 Å². The van der Waals surface area contributed by atoms with Gasteiger partial charge in [-0.3, -0.25) is 8.71 Å². The number of anilines is 2. The first-order valence-electron chi connectivity index (χ1n) is 13.3. The standard InChI is InChI=1S/C30H32FN7S/c1-6-25-29(35(4)28-20(3)24(14-32)26(34-28)21-7-9-22(31)10-8-21)38-15-23(13-19(2)27(38)33-25)36-16-30(17-36)11-12-37(18-30)39-5/h7-10,13,15H,3,6,11-12,16-18H2,1-2,4-5H3. The van der Waals surface area contributed by atoms with E-state index in [2.05, 4.69) is 58.6 Å². The van der Waals surface area contributed by atoms with Crippen molar-refractivity contribution in [1.29, 1.82) is 5.26 Å². The highest BCUT2D eigenvalue weighted by Gasteiger charge is 2.47. The maximum absolute atomic E-state index is 13.6. The molecule has 0 amide bonds. The van der Waals surface area contributed by atoms with Gasteiger partial charge in [0.1, 0.15) is 29.2 Å². The molecule has 1 spiro atoms. The normalized spacial score (nSPS) is 18.7. The van der Waals surface area contributed by atoms with Crippen LogP contribution in [0.2, 0.25) is 0 Å². The van der Waals surface area contributed by atoms with Crippen LogP contribution in [0.15, 0.2) is 59.2 Å². The van der Waals surface area contributed by atoms with Crippen molar-refractivity contribution < 1.29 is 4.39 Å². The number of pyridine rings is 1. The first kappa shape index (κ1) is 25.7. The van der Waals surface area contributed by atoms with E-state index in [1.807, 2.05) is 23.9 Å². The zero-order valence-electron chi connectivity index (χ0n) is 22.8. The number of nitriles is 1. The number of nitrogens with zero attached hydrogens (tertiary/aromatic N) is 7. The average Bonchev–Trinajstić information content (AvgIpc) is 3.61. The van der Waals surface area contributed by atoms with Crippen LogP contribution in [-0.4, -0.2) is 59.0 Å². The second-order valence-corrected chi connectivity index (χ2v) is 11.7. The van der Waals surface area contributed by atoms with Crippen LogP contribution in [0.5, 0.6) is 0 Å². The summed E-state index contributed by atoms with van der Waals surface area (Å²) in [5.41, 5.74) is 6.71. The molecule has 6 rings (SSSR count). The highest BCUT2D eigenvalue weighted by molar-refractivity contribution is 7.96. The van der Waals surface area contributed by atoms with Gasteiger partial charge in [-0.15, -0.1) is 0 Å². The van der Waals surface area contributed by atoms with Gasteiger partial charge in [-0.2, -0.15) is 5.26 Å². The van der Waals surface area contributed by atoms with Crippen LogP contribution in [0.1, 0.15) is 30.2 Å². The molecule has 0 aliphatic carbocycles. The molecular weight excluding hydrogens is 509 g/mol. The summed E-state index contributed by atoms with van der Waals surface area (Å²) in [5.74, 6) is 1.18. The minimum atomic E-state index is -0.330. The Morgan fingerprint density at radius 2 is 1.97 bits per heavy atom. The molecule has 2 fully saturated rings. The highest BCUT2D eigenvalue weighted by atomic mass is 32.2. The van der Waals surface area contributed by atoms with Crippen LogP contribution in [0.25, 0.3) is 11.3 Å². The zero-order chi connectivity index (χ0) is 27.5. The lowest BCUT2D eigenvalue weighted by Crippen LogP contribution is -2.57. The second-order valence-electron chi connectivity index (χ2n) is 10.8. The quantitative estimate of drug-likeness (QED) is 0.399. The van der Waals surface area contributed by atoms with Gasteiger partial charge in [-0.05, 0) is 61.9 Å². The summed E-state index contributed by atoms with van der Waals surface area (Å²) in [6.07, 6.45) is 6.34. The molecule has 2 aromatic heterocycles. The van der Waals surface area contributed by atoms with Gasteiger partial charge in [0, 0.05) is 56.0 Å². The van der Waals surface area contributed by atoms with Crippen molar-refractivity contribution in [1.82, 2.24) is 13.7 Å². The number of benzene rings is 1. The van der Waals surface area contributed by atoms with E-state index in [0.717, 1.165) is 55.3 Å². The van der Waals surface area contributed by atoms with Gasteiger partial charge in [0.25, 0.3) is 0 Å². The van der Waals surface area contributed by atoms with Gasteiger partial charge < -0.3 is 9.80 Å². The molecule has 0 saturated carbocycles. The lowest BCUT2D eigenvalue weighted by atomic mass is 9.79. The van der Waals surface area contributed by atoms with Gasteiger partial charge >= 0.3 is 0 Å². The third kappa shape index (κ3) is 4.14. The Balaban J connectivity index is 1.37. The lowest BCUT2D eigenvalue weighted by molar-refractivity contribution is 0.233.